The summed E-state index contributed by atoms with van der Waals surface area (Å²) in [5.41, 5.74) is 0. The van der Waals surface area contributed by atoms with Crippen LogP contribution in [0.25, 0.3) is 0 Å². The lowest BCUT2D eigenvalue weighted by molar-refractivity contribution is -0.127. The molecule has 2 amide bonds. The molecule has 5 nitrogen and oxygen atoms in total. The van der Waals surface area contributed by atoms with Crippen molar-refractivity contribution in [3.63, 3.8) is 0 Å². The predicted molar refractivity (Wildman–Crippen MR) is 71.0 cm³/mol. The summed E-state index contributed by atoms with van der Waals surface area (Å²) >= 11 is 0. The van der Waals surface area contributed by atoms with Gasteiger partial charge in [0.1, 0.15) is 0 Å². The van der Waals surface area contributed by atoms with Gasteiger partial charge in [0.2, 0.25) is 5.91 Å². The molecular formula is C12H23NO4Si. The lowest BCUT2D eigenvalue weighted by Gasteiger charge is -2.37. The van der Waals surface area contributed by atoms with E-state index in [4.69, 9.17) is 9.53 Å². The van der Waals surface area contributed by atoms with Crippen molar-refractivity contribution in [1.29, 1.82) is 0 Å². The van der Waals surface area contributed by atoms with Crippen molar-refractivity contribution in [2.75, 3.05) is 6.61 Å². The molecule has 1 aliphatic rings. The summed E-state index contributed by atoms with van der Waals surface area (Å²) in [5.74, 6) is -0.314. The molecule has 0 bridgehead atoms. The number of imide groups is 1. The maximum Gasteiger partial charge on any atom is 0.414 e. The molecule has 6 heteroatoms. The van der Waals surface area contributed by atoms with Gasteiger partial charge < -0.3 is 9.53 Å². The topological polar surface area (TPSA) is 66.8 Å². The van der Waals surface area contributed by atoms with E-state index < -0.39 is 14.4 Å². The minimum absolute atomic E-state index is 0.0870. The Labute approximate surface area is 109 Å². The zero-order chi connectivity index (χ0) is 14.1. The number of rotatable bonds is 3. The standard InChI is InChI=1S/C12H23NO4Si/c1-12(2,3)18(4,5)17-8-9-6-7-10(14)13(9)11(15)16/h9H,6-8H2,1-5H3,(H,15,16)/t9-/m0/s1. The Morgan fingerprint density at radius 3 is 2.50 bits per heavy atom. The third kappa shape index (κ3) is 3.11. The van der Waals surface area contributed by atoms with Gasteiger partial charge in [0.05, 0.1) is 12.6 Å². The maximum atomic E-state index is 11.4. The van der Waals surface area contributed by atoms with Gasteiger partial charge in [-0.1, -0.05) is 20.8 Å². The van der Waals surface area contributed by atoms with Crippen LogP contribution in [0.1, 0.15) is 33.6 Å². The van der Waals surface area contributed by atoms with E-state index in [1.165, 1.54) is 0 Å². The third-order valence-corrected chi connectivity index (χ3v) is 8.47. The Kier molecular flexibility index (Phi) is 4.22. The van der Waals surface area contributed by atoms with E-state index in [9.17, 15) is 9.59 Å². The molecule has 0 radical (unpaired) electrons. The van der Waals surface area contributed by atoms with Crippen LogP contribution in [0.3, 0.4) is 0 Å². The number of likely N-dealkylation sites (tertiary alicyclic amines) is 1. The van der Waals surface area contributed by atoms with Gasteiger partial charge in [-0.3, -0.25) is 4.79 Å². The van der Waals surface area contributed by atoms with Gasteiger partial charge >= 0.3 is 6.09 Å². The minimum Gasteiger partial charge on any atom is -0.465 e. The fourth-order valence-corrected chi connectivity index (χ4v) is 2.73. The third-order valence-electron chi connectivity index (χ3n) is 3.97. The normalized spacial score (nSPS) is 21.5. The molecule has 18 heavy (non-hydrogen) atoms. The minimum atomic E-state index is -1.89. The summed E-state index contributed by atoms with van der Waals surface area (Å²) in [6, 6.07) is -0.316. The molecule has 0 spiro atoms. The van der Waals surface area contributed by atoms with Crippen LogP contribution in [0.2, 0.25) is 18.1 Å². The van der Waals surface area contributed by atoms with Gasteiger partial charge in [0.25, 0.3) is 0 Å². The van der Waals surface area contributed by atoms with Crippen LogP contribution >= 0.6 is 0 Å². The molecule has 1 atom stereocenters. The number of hydrogen-bond donors (Lipinski definition) is 1. The van der Waals surface area contributed by atoms with Gasteiger partial charge in [0.15, 0.2) is 8.32 Å². The predicted octanol–water partition coefficient (Wildman–Crippen LogP) is 2.68. The largest absolute Gasteiger partial charge is 0.465 e. The number of carboxylic acid groups (broad SMARTS) is 1. The second-order valence-electron chi connectivity index (χ2n) is 6.31. The monoisotopic (exact) mass is 273 g/mol. The van der Waals surface area contributed by atoms with Crippen LogP contribution < -0.4 is 0 Å². The van der Waals surface area contributed by atoms with E-state index >= 15 is 0 Å². The zero-order valence-electron chi connectivity index (χ0n) is 11.8. The Bertz CT molecular complexity index is 348. The van der Waals surface area contributed by atoms with Crippen molar-refractivity contribution >= 4 is 20.3 Å². The van der Waals surface area contributed by atoms with Crippen molar-refractivity contribution in [3.05, 3.63) is 0 Å². The van der Waals surface area contributed by atoms with Crippen LogP contribution in [-0.4, -0.2) is 43.0 Å². The van der Waals surface area contributed by atoms with Crippen LogP contribution in [0.15, 0.2) is 0 Å². The maximum absolute atomic E-state index is 11.4. The van der Waals surface area contributed by atoms with Gasteiger partial charge in [-0.05, 0) is 24.6 Å². The van der Waals surface area contributed by atoms with Gasteiger partial charge in [-0.2, -0.15) is 0 Å². The highest BCUT2D eigenvalue weighted by molar-refractivity contribution is 6.74. The van der Waals surface area contributed by atoms with Crippen LogP contribution in [0.4, 0.5) is 4.79 Å². The number of hydrogen-bond acceptors (Lipinski definition) is 3. The molecule has 1 N–H and O–H groups in total. The van der Waals surface area contributed by atoms with Crippen LogP contribution in [-0.2, 0) is 9.22 Å². The number of nitrogens with zero attached hydrogens (tertiary/aromatic N) is 1. The summed E-state index contributed by atoms with van der Waals surface area (Å²) in [4.78, 5) is 23.4. The first kappa shape index (κ1) is 15.2. The Morgan fingerprint density at radius 2 is 2.06 bits per heavy atom. The van der Waals surface area contributed by atoms with Crippen molar-refractivity contribution in [3.8, 4) is 0 Å². The lowest BCUT2D eigenvalue weighted by Crippen LogP contribution is -2.46. The average Bonchev–Trinajstić information content (AvgIpc) is 2.55. The molecule has 1 saturated heterocycles. The van der Waals surface area contributed by atoms with Crippen molar-refractivity contribution < 1.29 is 19.1 Å². The van der Waals surface area contributed by atoms with E-state index in [1.54, 1.807) is 0 Å². The summed E-state index contributed by atoms with van der Waals surface area (Å²) in [6.45, 7) is 11.0. The molecule has 0 saturated carbocycles. The fraction of sp³-hybridized carbons (Fsp3) is 0.833. The van der Waals surface area contributed by atoms with E-state index in [0.717, 1.165) is 4.90 Å². The van der Waals surface area contributed by atoms with Crippen LogP contribution in [0.5, 0.6) is 0 Å². The van der Waals surface area contributed by atoms with Gasteiger partial charge in [-0.15, -0.1) is 0 Å². The summed E-state index contributed by atoms with van der Waals surface area (Å²) in [7, 11) is -1.89. The first-order valence-corrected chi connectivity index (χ1v) is 9.16. The molecule has 1 rings (SSSR count). The molecular weight excluding hydrogens is 250 g/mol. The Morgan fingerprint density at radius 1 is 1.50 bits per heavy atom. The van der Waals surface area contributed by atoms with Crippen molar-refractivity contribution in [2.45, 2.75) is 57.8 Å². The molecule has 0 unspecified atom stereocenters. The molecule has 1 fully saturated rings. The van der Waals surface area contributed by atoms with E-state index in [2.05, 4.69) is 33.9 Å². The Hall–Kier alpha value is -0.883. The first-order valence-electron chi connectivity index (χ1n) is 6.25. The fourth-order valence-electron chi connectivity index (χ4n) is 1.69. The SMILES string of the molecule is CC(C)(C)[Si](C)(C)OC[C@@H]1CCC(=O)N1C(=O)O. The molecule has 1 heterocycles. The first-order chi connectivity index (χ1) is 8.06. The highest BCUT2D eigenvalue weighted by Crippen LogP contribution is 2.37. The van der Waals surface area contributed by atoms with E-state index in [0.29, 0.717) is 19.4 Å². The average molecular weight is 273 g/mol. The van der Waals surface area contributed by atoms with Gasteiger partial charge in [-0.25, -0.2) is 9.69 Å². The lowest BCUT2D eigenvalue weighted by atomic mass is 10.2. The summed E-state index contributed by atoms with van der Waals surface area (Å²) in [6.07, 6.45) is -0.293. The quantitative estimate of drug-likeness (QED) is 0.803. The molecule has 0 aliphatic carbocycles. The zero-order valence-corrected chi connectivity index (χ0v) is 12.8. The molecule has 0 aromatic carbocycles. The summed E-state index contributed by atoms with van der Waals surface area (Å²) in [5, 5.41) is 9.09. The van der Waals surface area contributed by atoms with E-state index in [-0.39, 0.29) is 17.0 Å². The molecule has 1 aliphatic heterocycles. The molecule has 0 aromatic heterocycles. The second kappa shape index (κ2) is 5.01. The highest BCUT2D eigenvalue weighted by atomic mass is 28.4. The van der Waals surface area contributed by atoms with Gasteiger partial charge in [0, 0.05) is 6.42 Å². The second-order valence-corrected chi connectivity index (χ2v) is 11.1. The van der Waals surface area contributed by atoms with Crippen molar-refractivity contribution in [2.24, 2.45) is 0 Å². The molecule has 104 valence electrons. The molecule has 0 aromatic rings. The number of carbonyl (C=O) groups is 2. The smallest absolute Gasteiger partial charge is 0.414 e. The van der Waals surface area contributed by atoms with E-state index in [1.807, 2.05) is 0 Å². The number of carbonyl (C=O) groups excluding carboxylic acids is 1. The number of amides is 2. The Balaban J connectivity index is 2.64. The summed E-state index contributed by atoms with van der Waals surface area (Å²) < 4.78 is 5.99. The van der Waals surface area contributed by atoms with Crippen LogP contribution in [0, 0.1) is 0 Å². The highest BCUT2D eigenvalue weighted by Gasteiger charge is 2.41. The van der Waals surface area contributed by atoms with Crippen molar-refractivity contribution in [1.82, 2.24) is 4.90 Å².